The van der Waals surface area contributed by atoms with Crippen molar-refractivity contribution in [3.05, 3.63) is 29.8 Å². The van der Waals surface area contributed by atoms with E-state index in [9.17, 15) is 19.2 Å². The minimum Gasteiger partial charge on any atom is -0.467 e. The lowest BCUT2D eigenvalue weighted by Gasteiger charge is -2.20. The van der Waals surface area contributed by atoms with Gasteiger partial charge in [-0.1, -0.05) is 6.07 Å². The zero-order valence-electron chi connectivity index (χ0n) is 19.0. The number of rotatable bonds is 10. The lowest BCUT2D eigenvalue weighted by atomic mass is 10.1. The van der Waals surface area contributed by atoms with Crippen LogP contribution in [0.25, 0.3) is 0 Å². The normalized spacial score (nSPS) is 12.3. The molecule has 1 aromatic rings. The van der Waals surface area contributed by atoms with Gasteiger partial charge in [0.1, 0.15) is 11.6 Å². The van der Waals surface area contributed by atoms with Crippen LogP contribution in [0.15, 0.2) is 24.3 Å². The van der Waals surface area contributed by atoms with E-state index in [1.165, 1.54) is 31.4 Å². The number of carbonyl (C=O) groups excluding carboxylic acids is 4. The van der Waals surface area contributed by atoms with E-state index in [2.05, 4.69) is 10.6 Å². The first-order chi connectivity index (χ1) is 15.2. The second-order valence-corrected chi connectivity index (χ2v) is 8.14. The summed E-state index contributed by atoms with van der Waals surface area (Å²) in [5, 5.41) is 33.8. The number of carbonyl (C=O) groups is 4. The zero-order valence-corrected chi connectivity index (χ0v) is 19.0. The number of aliphatic hydroxyl groups is 3. The molecule has 1 aromatic carbocycles. The molecule has 0 aliphatic heterocycles. The van der Waals surface area contributed by atoms with Gasteiger partial charge in [-0.2, -0.15) is 0 Å². The predicted octanol–water partition coefficient (Wildman–Crippen LogP) is 0.222. The van der Waals surface area contributed by atoms with Crippen molar-refractivity contribution in [1.29, 1.82) is 0 Å². The molecule has 0 saturated carbocycles. The molecular weight excluding hydrogens is 438 g/mol. The molecule has 0 fully saturated rings. The lowest BCUT2D eigenvalue weighted by Crippen LogP contribution is -2.42. The number of ether oxygens (including phenoxy) is 2. The Morgan fingerprint density at radius 2 is 1.73 bits per heavy atom. The van der Waals surface area contributed by atoms with Gasteiger partial charge in [0.15, 0.2) is 0 Å². The maximum atomic E-state index is 12.6. The number of alkyl carbamates (subject to hydrolysis) is 1. The van der Waals surface area contributed by atoms with Gasteiger partial charge in [0.2, 0.25) is 0 Å². The first-order valence-electron chi connectivity index (χ1n) is 10.2. The Balaban J connectivity index is 2.64. The third-order valence-corrected chi connectivity index (χ3v) is 4.07. The molecule has 33 heavy (non-hydrogen) atoms. The van der Waals surface area contributed by atoms with E-state index in [-0.39, 0.29) is 17.7 Å². The number of benzene rings is 1. The van der Waals surface area contributed by atoms with E-state index in [1.54, 1.807) is 20.8 Å². The van der Waals surface area contributed by atoms with Crippen molar-refractivity contribution in [3.8, 4) is 0 Å². The van der Waals surface area contributed by atoms with E-state index < -0.39 is 41.5 Å². The Labute approximate surface area is 191 Å². The fourth-order valence-corrected chi connectivity index (χ4v) is 2.56. The van der Waals surface area contributed by atoms with E-state index in [0.717, 1.165) is 0 Å². The summed E-state index contributed by atoms with van der Waals surface area (Å²) in [6.07, 6.45) is 0.702. The van der Waals surface area contributed by atoms with Crippen molar-refractivity contribution < 1.29 is 44.0 Å². The van der Waals surface area contributed by atoms with Gasteiger partial charge in [0.25, 0.3) is 5.91 Å². The third-order valence-electron chi connectivity index (χ3n) is 4.07. The second-order valence-electron chi connectivity index (χ2n) is 8.14. The molecule has 1 unspecified atom stereocenters. The summed E-state index contributed by atoms with van der Waals surface area (Å²) < 4.78 is 9.86. The summed E-state index contributed by atoms with van der Waals surface area (Å²) in [6.45, 7) is 5.57. The minimum atomic E-state index is -3.58. The molecule has 1 rings (SSSR count). The molecule has 0 aliphatic carbocycles. The number of unbranched alkanes of at least 4 members (excludes halogenated alkanes) is 1. The van der Waals surface area contributed by atoms with Crippen molar-refractivity contribution in [3.63, 3.8) is 0 Å². The Bertz CT molecular complexity index is 844. The Kier molecular flexibility index (Phi) is 10.2. The van der Waals surface area contributed by atoms with Gasteiger partial charge in [-0.05, 0) is 58.2 Å². The molecule has 6 N–H and O–H groups in total. The molecule has 0 radical (unpaired) electrons. The van der Waals surface area contributed by atoms with Crippen LogP contribution in [0.3, 0.4) is 0 Å². The van der Waals surface area contributed by atoms with Crippen LogP contribution in [0, 0.1) is 0 Å². The maximum Gasteiger partial charge on any atom is 0.407 e. The van der Waals surface area contributed by atoms with Crippen molar-refractivity contribution in [2.24, 2.45) is 0 Å². The van der Waals surface area contributed by atoms with Crippen LogP contribution in [0.4, 0.5) is 10.5 Å². The number of nitrogens with one attached hydrogen (secondary N) is 3. The van der Waals surface area contributed by atoms with Gasteiger partial charge in [0, 0.05) is 17.8 Å². The highest BCUT2D eigenvalue weighted by Gasteiger charge is 2.30. The van der Waals surface area contributed by atoms with Gasteiger partial charge in [0.05, 0.1) is 7.11 Å². The third kappa shape index (κ3) is 10.8. The Morgan fingerprint density at radius 1 is 1.06 bits per heavy atom. The molecule has 1 atom stereocenters. The van der Waals surface area contributed by atoms with E-state index in [1.807, 2.05) is 5.32 Å². The molecular formula is C21H31N3O9. The second kappa shape index (κ2) is 12.1. The van der Waals surface area contributed by atoms with Crippen LogP contribution >= 0.6 is 0 Å². The monoisotopic (exact) mass is 469 g/mol. The van der Waals surface area contributed by atoms with Gasteiger partial charge >= 0.3 is 23.9 Å². The average Bonchev–Trinajstić information content (AvgIpc) is 2.70. The number of amides is 3. The number of hydrogen-bond donors (Lipinski definition) is 6. The fourth-order valence-electron chi connectivity index (χ4n) is 2.56. The summed E-state index contributed by atoms with van der Waals surface area (Å²) in [7, 11) is 1.19. The van der Waals surface area contributed by atoms with Gasteiger partial charge < -0.3 is 40.7 Å². The van der Waals surface area contributed by atoms with Crippen LogP contribution in [0.5, 0.6) is 0 Å². The summed E-state index contributed by atoms with van der Waals surface area (Å²) >= 11 is 0. The molecule has 0 aliphatic rings. The lowest BCUT2D eigenvalue weighted by molar-refractivity contribution is -0.284. The van der Waals surface area contributed by atoms with Gasteiger partial charge in [-0.25, -0.2) is 9.59 Å². The molecule has 12 nitrogen and oxygen atoms in total. The summed E-state index contributed by atoms with van der Waals surface area (Å²) in [5.74, 6) is -6.38. The molecule has 0 spiro atoms. The van der Waals surface area contributed by atoms with E-state index >= 15 is 0 Å². The predicted molar refractivity (Wildman–Crippen MR) is 116 cm³/mol. The van der Waals surface area contributed by atoms with Crippen molar-refractivity contribution >= 4 is 29.6 Å². The SMILES string of the molecule is COC(=O)C(CCCCNC(=O)OC(C)(C)C)NC(=O)c1cccc(NC(=O)C(O)(O)O)c1. The van der Waals surface area contributed by atoms with Gasteiger partial charge in [-0.3, -0.25) is 9.59 Å². The number of anilines is 1. The summed E-state index contributed by atoms with van der Waals surface area (Å²) in [5.41, 5.74) is -0.535. The first-order valence-corrected chi connectivity index (χ1v) is 10.2. The van der Waals surface area contributed by atoms with Crippen LogP contribution in [-0.4, -0.2) is 70.5 Å². The molecule has 0 heterocycles. The standard InChI is InChI=1S/C21H31N3O9/c1-20(2,3)33-19(28)22-11-6-5-10-15(17(26)32-4)24-16(25)13-8-7-9-14(12-13)23-18(27)21(29,30)31/h7-9,12,15,29-31H,5-6,10-11H2,1-4H3,(H,22,28)(H,23,27)(H,24,25). The highest BCUT2D eigenvalue weighted by molar-refractivity contribution is 5.99. The fraction of sp³-hybridized carbons (Fsp3) is 0.524. The van der Waals surface area contributed by atoms with E-state index in [4.69, 9.17) is 24.8 Å². The molecule has 12 heteroatoms. The molecule has 0 saturated heterocycles. The maximum absolute atomic E-state index is 12.6. The highest BCUT2D eigenvalue weighted by Crippen LogP contribution is 2.13. The van der Waals surface area contributed by atoms with E-state index in [0.29, 0.717) is 19.4 Å². The first kappa shape index (κ1) is 27.8. The summed E-state index contributed by atoms with van der Waals surface area (Å²) in [4.78, 5) is 47.7. The van der Waals surface area contributed by atoms with Crippen LogP contribution < -0.4 is 16.0 Å². The van der Waals surface area contributed by atoms with Crippen molar-refractivity contribution in [2.75, 3.05) is 19.0 Å². The number of methoxy groups -OCH3 is 1. The molecule has 3 amide bonds. The van der Waals surface area contributed by atoms with Crippen molar-refractivity contribution in [1.82, 2.24) is 10.6 Å². The topological polar surface area (TPSA) is 184 Å². The van der Waals surface area contributed by atoms with Gasteiger partial charge in [-0.15, -0.1) is 0 Å². The van der Waals surface area contributed by atoms with Crippen LogP contribution in [0.2, 0.25) is 0 Å². The Morgan fingerprint density at radius 3 is 2.30 bits per heavy atom. The zero-order chi connectivity index (χ0) is 25.2. The molecule has 0 bridgehead atoms. The average molecular weight is 469 g/mol. The highest BCUT2D eigenvalue weighted by atomic mass is 16.7. The van der Waals surface area contributed by atoms with Crippen LogP contribution in [-0.2, 0) is 19.1 Å². The number of hydrogen-bond acceptors (Lipinski definition) is 9. The van der Waals surface area contributed by atoms with Crippen LogP contribution in [0.1, 0.15) is 50.4 Å². The Hall–Kier alpha value is -3.22. The summed E-state index contributed by atoms with van der Waals surface area (Å²) in [6, 6.07) is 4.44. The minimum absolute atomic E-state index is 0.0111. The smallest absolute Gasteiger partial charge is 0.407 e. The largest absolute Gasteiger partial charge is 0.467 e. The molecule has 184 valence electrons. The van der Waals surface area contributed by atoms with Crippen molar-refractivity contribution in [2.45, 2.75) is 57.6 Å². The molecule has 0 aromatic heterocycles. The number of esters is 1. The quantitative estimate of drug-likeness (QED) is 0.158.